The summed E-state index contributed by atoms with van der Waals surface area (Å²) < 4.78 is 4.95. The quantitative estimate of drug-likeness (QED) is 0.558. The first-order valence-electron chi connectivity index (χ1n) is 5.07. The van der Waals surface area contributed by atoms with E-state index in [9.17, 15) is 0 Å². The summed E-state index contributed by atoms with van der Waals surface area (Å²) in [7, 11) is 0. The highest BCUT2D eigenvalue weighted by Gasteiger charge is 2.01. The summed E-state index contributed by atoms with van der Waals surface area (Å²) >= 11 is 0. The molecule has 0 aliphatic heterocycles. The molecule has 6 nitrogen and oxygen atoms in total. The van der Waals surface area contributed by atoms with Gasteiger partial charge in [0.25, 0.3) is 0 Å². The van der Waals surface area contributed by atoms with Crippen molar-refractivity contribution < 1.29 is 4.52 Å². The number of hydrogen-bond acceptors (Lipinski definition) is 4. The van der Waals surface area contributed by atoms with Gasteiger partial charge >= 0.3 is 0 Å². The Morgan fingerprint density at radius 3 is 2.47 bits per heavy atom. The first-order chi connectivity index (χ1) is 7.26. The molecule has 6 heteroatoms. The highest BCUT2D eigenvalue weighted by atomic mass is 16.5. The summed E-state index contributed by atoms with van der Waals surface area (Å²) in [5.74, 6) is 1.92. The molecule has 1 heterocycles. The van der Waals surface area contributed by atoms with Crippen LogP contribution in [0.1, 0.15) is 25.6 Å². The van der Waals surface area contributed by atoms with E-state index in [0.717, 1.165) is 19.0 Å². The molecule has 0 radical (unpaired) electrons. The first-order valence-corrected chi connectivity index (χ1v) is 5.07. The van der Waals surface area contributed by atoms with Gasteiger partial charge in [-0.25, -0.2) is 4.99 Å². The van der Waals surface area contributed by atoms with Gasteiger partial charge in [0.05, 0.1) is 0 Å². The Morgan fingerprint density at radius 1 is 1.33 bits per heavy atom. The number of aliphatic imine (C=N–C) groups is 1. The topological polar surface area (TPSA) is 75.3 Å². The fourth-order valence-electron chi connectivity index (χ4n) is 1.06. The average molecular weight is 211 g/mol. The lowest BCUT2D eigenvalue weighted by Crippen LogP contribution is -2.36. The van der Waals surface area contributed by atoms with Crippen LogP contribution >= 0.6 is 0 Å². The third-order valence-corrected chi connectivity index (χ3v) is 1.63. The van der Waals surface area contributed by atoms with E-state index in [1.165, 1.54) is 0 Å². The summed E-state index contributed by atoms with van der Waals surface area (Å²) in [5, 5.41) is 9.91. The van der Waals surface area contributed by atoms with Crippen molar-refractivity contribution in [1.82, 2.24) is 20.8 Å². The SMILES string of the molecule is CCNC(=NCc1nc(C)no1)NCC. The van der Waals surface area contributed by atoms with Gasteiger partial charge in [-0.15, -0.1) is 0 Å². The van der Waals surface area contributed by atoms with E-state index in [0.29, 0.717) is 18.3 Å². The Morgan fingerprint density at radius 2 is 2.00 bits per heavy atom. The van der Waals surface area contributed by atoms with Crippen molar-refractivity contribution in [2.75, 3.05) is 13.1 Å². The number of aromatic nitrogens is 2. The standard InChI is InChI=1S/C9H17N5O/c1-4-10-9(11-5-2)12-6-8-13-7(3)14-15-8/h4-6H2,1-3H3,(H2,10,11,12). The lowest BCUT2D eigenvalue weighted by molar-refractivity contribution is 0.376. The van der Waals surface area contributed by atoms with Gasteiger partial charge in [0, 0.05) is 13.1 Å². The van der Waals surface area contributed by atoms with Gasteiger partial charge in [-0.05, 0) is 20.8 Å². The first kappa shape index (κ1) is 11.5. The zero-order valence-corrected chi connectivity index (χ0v) is 9.37. The van der Waals surface area contributed by atoms with Crippen molar-refractivity contribution in [2.45, 2.75) is 27.3 Å². The fourth-order valence-corrected chi connectivity index (χ4v) is 1.06. The molecule has 15 heavy (non-hydrogen) atoms. The number of hydrogen-bond donors (Lipinski definition) is 2. The molecule has 0 bridgehead atoms. The van der Waals surface area contributed by atoms with Gasteiger partial charge in [-0.2, -0.15) is 4.98 Å². The second-order valence-electron chi connectivity index (χ2n) is 2.96. The smallest absolute Gasteiger partial charge is 0.248 e. The third-order valence-electron chi connectivity index (χ3n) is 1.63. The van der Waals surface area contributed by atoms with Crippen molar-refractivity contribution in [2.24, 2.45) is 4.99 Å². The summed E-state index contributed by atoms with van der Waals surface area (Å²) in [5.41, 5.74) is 0. The molecule has 0 aliphatic rings. The number of nitrogens with one attached hydrogen (secondary N) is 2. The molecular formula is C9H17N5O. The fraction of sp³-hybridized carbons (Fsp3) is 0.667. The molecule has 84 valence electrons. The Balaban J connectivity index is 2.52. The minimum Gasteiger partial charge on any atom is -0.357 e. The van der Waals surface area contributed by atoms with Crippen molar-refractivity contribution in [3.8, 4) is 0 Å². The Labute approximate surface area is 89.2 Å². The van der Waals surface area contributed by atoms with Crippen LogP contribution in [-0.2, 0) is 6.54 Å². The molecule has 0 spiro atoms. The molecule has 0 atom stereocenters. The van der Waals surface area contributed by atoms with E-state index in [1.54, 1.807) is 6.92 Å². The molecule has 1 rings (SSSR count). The summed E-state index contributed by atoms with van der Waals surface area (Å²) in [6, 6.07) is 0. The van der Waals surface area contributed by atoms with Gasteiger partial charge in [-0.1, -0.05) is 5.16 Å². The van der Waals surface area contributed by atoms with Crippen LogP contribution in [0.4, 0.5) is 0 Å². The molecule has 2 N–H and O–H groups in total. The zero-order chi connectivity index (χ0) is 11.1. The highest BCUT2D eigenvalue weighted by molar-refractivity contribution is 5.79. The maximum absolute atomic E-state index is 4.95. The molecule has 1 aromatic rings. The zero-order valence-electron chi connectivity index (χ0n) is 9.37. The molecular weight excluding hydrogens is 194 g/mol. The van der Waals surface area contributed by atoms with Crippen molar-refractivity contribution in [3.05, 3.63) is 11.7 Å². The minimum atomic E-state index is 0.399. The normalized spacial score (nSPS) is 9.80. The van der Waals surface area contributed by atoms with Crippen molar-refractivity contribution in [1.29, 1.82) is 0 Å². The molecule has 0 saturated carbocycles. The number of rotatable bonds is 4. The van der Waals surface area contributed by atoms with E-state index < -0.39 is 0 Å². The molecule has 0 aliphatic carbocycles. The van der Waals surface area contributed by atoms with Crippen LogP contribution < -0.4 is 10.6 Å². The predicted molar refractivity (Wildman–Crippen MR) is 57.5 cm³/mol. The van der Waals surface area contributed by atoms with Gasteiger partial charge in [-0.3, -0.25) is 0 Å². The number of guanidine groups is 1. The Kier molecular flexibility index (Phi) is 4.59. The van der Waals surface area contributed by atoms with E-state index in [4.69, 9.17) is 4.52 Å². The third kappa shape index (κ3) is 3.97. The van der Waals surface area contributed by atoms with Gasteiger partial charge in [0.1, 0.15) is 6.54 Å². The van der Waals surface area contributed by atoms with E-state index in [1.807, 2.05) is 13.8 Å². The van der Waals surface area contributed by atoms with Gasteiger partial charge in [0.15, 0.2) is 11.8 Å². The largest absolute Gasteiger partial charge is 0.357 e. The maximum Gasteiger partial charge on any atom is 0.248 e. The van der Waals surface area contributed by atoms with E-state index in [2.05, 4.69) is 25.8 Å². The van der Waals surface area contributed by atoms with Crippen LogP contribution in [0.2, 0.25) is 0 Å². The minimum absolute atomic E-state index is 0.399. The lowest BCUT2D eigenvalue weighted by atomic mass is 10.6. The van der Waals surface area contributed by atoms with Crippen LogP contribution in [0.3, 0.4) is 0 Å². The molecule has 1 aromatic heterocycles. The van der Waals surface area contributed by atoms with E-state index in [-0.39, 0.29) is 0 Å². The maximum atomic E-state index is 4.95. The van der Waals surface area contributed by atoms with Gasteiger partial charge in [0.2, 0.25) is 5.89 Å². The van der Waals surface area contributed by atoms with Crippen LogP contribution in [0.25, 0.3) is 0 Å². The monoisotopic (exact) mass is 211 g/mol. The second kappa shape index (κ2) is 6.00. The molecule has 0 aromatic carbocycles. The van der Waals surface area contributed by atoms with E-state index >= 15 is 0 Å². The summed E-state index contributed by atoms with van der Waals surface area (Å²) in [6.07, 6.45) is 0. The Bertz CT molecular complexity index is 312. The van der Waals surface area contributed by atoms with Crippen LogP contribution in [0.5, 0.6) is 0 Å². The summed E-state index contributed by atoms with van der Waals surface area (Å²) in [6.45, 7) is 7.87. The average Bonchev–Trinajstić information content (AvgIpc) is 2.61. The molecule has 0 fully saturated rings. The predicted octanol–water partition coefficient (Wildman–Crippen LogP) is 0.453. The molecule has 0 amide bonds. The molecule has 0 unspecified atom stereocenters. The number of nitrogens with zero attached hydrogens (tertiary/aromatic N) is 3. The lowest BCUT2D eigenvalue weighted by Gasteiger charge is -2.07. The highest BCUT2D eigenvalue weighted by Crippen LogP contribution is 1.97. The Hall–Kier alpha value is -1.59. The number of aryl methyl sites for hydroxylation is 1. The van der Waals surface area contributed by atoms with Crippen LogP contribution in [0, 0.1) is 6.92 Å². The van der Waals surface area contributed by atoms with Crippen LogP contribution in [0.15, 0.2) is 9.52 Å². The van der Waals surface area contributed by atoms with Crippen molar-refractivity contribution >= 4 is 5.96 Å². The van der Waals surface area contributed by atoms with Gasteiger partial charge < -0.3 is 15.2 Å². The summed E-state index contributed by atoms with van der Waals surface area (Å²) in [4.78, 5) is 8.35. The van der Waals surface area contributed by atoms with Crippen molar-refractivity contribution in [3.63, 3.8) is 0 Å². The second-order valence-corrected chi connectivity index (χ2v) is 2.96. The molecule has 0 saturated heterocycles. The van der Waals surface area contributed by atoms with Crippen LogP contribution in [-0.4, -0.2) is 29.2 Å².